The number of nitrogens with zero attached hydrogens (tertiary/aromatic N) is 1. The van der Waals surface area contributed by atoms with E-state index in [1.807, 2.05) is 12.2 Å². The van der Waals surface area contributed by atoms with Crippen LogP contribution in [-0.2, 0) is 23.9 Å². The van der Waals surface area contributed by atoms with Gasteiger partial charge in [-0.1, -0.05) is 32.9 Å². The van der Waals surface area contributed by atoms with E-state index in [4.69, 9.17) is 4.74 Å². The maximum Gasteiger partial charge on any atom is 0.326 e. The molecule has 0 aromatic carbocycles. The molecule has 0 aromatic heterocycles. The van der Waals surface area contributed by atoms with Crippen LogP contribution in [0.2, 0.25) is 0 Å². The van der Waals surface area contributed by atoms with Gasteiger partial charge in [-0.15, -0.1) is 0 Å². The molecule has 124 valence electrons. The molecular formula is C17H21NO5. The summed E-state index contributed by atoms with van der Waals surface area (Å²) in [7, 11) is 0. The first-order valence-electron chi connectivity index (χ1n) is 7.92. The summed E-state index contributed by atoms with van der Waals surface area (Å²) in [6.45, 7) is 4.47. The van der Waals surface area contributed by atoms with E-state index >= 15 is 0 Å². The molecule has 0 spiro atoms. The number of Topliss-reactive ketones (excluding diaryl/α,β-unsaturated/α-hetero) is 1. The summed E-state index contributed by atoms with van der Waals surface area (Å²) in [6, 6.07) is 0. The molecule has 1 saturated carbocycles. The van der Waals surface area contributed by atoms with E-state index in [-0.39, 0.29) is 47.9 Å². The molecule has 1 saturated heterocycles. The zero-order valence-corrected chi connectivity index (χ0v) is 13.6. The monoisotopic (exact) mass is 319 g/mol. The van der Waals surface area contributed by atoms with Crippen molar-refractivity contribution in [2.45, 2.75) is 27.2 Å². The number of ketones is 1. The Morgan fingerprint density at radius 2 is 1.65 bits per heavy atom. The van der Waals surface area contributed by atoms with Gasteiger partial charge in [0.05, 0.1) is 11.8 Å². The molecule has 4 atom stereocenters. The smallest absolute Gasteiger partial charge is 0.326 e. The van der Waals surface area contributed by atoms with E-state index < -0.39 is 17.9 Å². The molecular weight excluding hydrogens is 298 g/mol. The summed E-state index contributed by atoms with van der Waals surface area (Å²) in [6.07, 6.45) is 4.85. The van der Waals surface area contributed by atoms with E-state index in [0.717, 1.165) is 11.3 Å². The van der Waals surface area contributed by atoms with Gasteiger partial charge < -0.3 is 4.74 Å². The lowest BCUT2D eigenvalue weighted by Gasteiger charge is -2.18. The number of carbonyl (C=O) groups is 4. The zero-order chi connectivity index (χ0) is 16.9. The Kier molecular flexibility index (Phi) is 3.65. The van der Waals surface area contributed by atoms with Crippen molar-refractivity contribution >= 4 is 23.6 Å². The number of hydrogen-bond donors (Lipinski definition) is 0. The molecule has 2 aliphatic carbocycles. The Bertz CT molecular complexity index is 585. The number of esters is 1. The summed E-state index contributed by atoms with van der Waals surface area (Å²) in [5, 5.41) is 0. The summed E-state index contributed by atoms with van der Waals surface area (Å²) < 4.78 is 4.93. The number of carbonyl (C=O) groups excluding carboxylic acids is 4. The number of likely N-dealkylation sites (tertiary alicyclic amines) is 1. The fourth-order valence-corrected chi connectivity index (χ4v) is 3.66. The molecule has 0 aromatic rings. The molecule has 0 N–H and O–H groups in total. The third kappa shape index (κ3) is 2.60. The van der Waals surface area contributed by atoms with Gasteiger partial charge in [-0.05, 0) is 18.3 Å². The highest BCUT2D eigenvalue weighted by Crippen LogP contribution is 2.52. The second kappa shape index (κ2) is 5.28. The van der Waals surface area contributed by atoms with E-state index in [0.29, 0.717) is 0 Å². The second-order valence-electron chi connectivity index (χ2n) is 7.60. The highest BCUT2D eigenvalue weighted by atomic mass is 16.5. The fourth-order valence-electron chi connectivity index (χ4n) is 3.66. The van der Waals surface area contributed by atoms with Crippen LogP contribution < -0.4 is 0 Å². The summed E-state index contributed by atoms with van der Waals surface area (Å²) in [5.41, 5.74) is -0.596. The molecule has 1 aliphatic heterocycles. The van der Waals surface area contributed by atoms with Gasteiger partial charge in [-0.25, -0.2) is 0 Å². The Hall–Kier alpha value is -1.98. The van der Waals surface area contributed by atoms with Crippen LogP contribution in [0.5, 0.6) is 0 Å². The van der Waals surface area contributed by atoms with Crippen LogP contribution >= 0.6 is 0 Å². The molecule has 2 bridgehead atoms. The molecule has 3 rings (SSSR count). The fraction of sp³-hybridized carbons (Fsp3) is 0.647. The molecule has 2 amide bonds. The molecule has 0 radical (unpaired) electrons. The van der Waals surface area contributed by atoms with E-state index in [1.54, 1.807) is 20.8 Å². The topological polar surface area (TPSA) is 80.8 Å². The van der Waals surface area contributed by atoms with Crippen molar-refractivity contribution in [2.24, 2.45) is 29.1 Å². The number of imide groups is 1. The third-order valence-corrected chi connectivity index (χ3v) is 5.05. The largest absolute Gasteiger partial charge is 0.456 e. The Balaban J connectivity index is 1.59. The van der Waals surface area contributed by atoms with Crippen LogP contribution in [0.15, 0.2) is 12.2 Å². The van der Waals surface area contributed by atoms with Gasteiger partial charge in [0.15, 0.2) is 12.4 Å². The lowest BCUT2D eigenvalue weighted by molar-refractivity contribution is -0.156. The van der Waals surface area contributed by atoms with Gasteiger partial charge in [0.2, 0.25) is 11.8 Å². The number of hydrogen-bond acceptors (Lipinski definition) is 5. The SMILES string of the molecule is CC(C)(C)C(=O)COC(=O)CN1C(=O)[C@H]2[C@H](C1=O)[C@H]1C=C[C@H]2C1. The van der Waals surface area contributed by atoms with Crippen LogP contribution in [0.3, 0.4) is 0 Å². The molecule has 0 unspecified atom stereocenters. The molecule has 23 heavy (non-hydrogen) atoms. The minimum Gasteiger partial charge on any atom is -0.456 e. The van der Waals surface area contributed by atoms with Gasteiger partial charge >= 0.3 is 5.97 Å². The highest BCUT2D eigenvalue weighted by Gasteiger charge is 2.59. The van der Waals surface area contributed by atoms with Crippen molar-refractivity contribution in [3.8, 4) is 0 Å². The summed E-state index contributed by atoms with van der Waals surface area (Å²) in [4.78, 5) is 49.5. The van der Waals surface area contributed by atoms with Crippen LogP contribution in [-0.4, -0.2) is 41.6 Å². The van der Waals surface area contributed by atoms with E-state index in [2.05, 4.69) is 0 Å². The first kappa shape index (κ1) is 15.9. The summed E-state index contributed by atoms with van der Waals surface area (Å²) >= 11 is 0. The highest BCUT2D eigenvalue weighted by molar-refractivity contribution is 6.08. The van der Waals surface area contributed by atoms with Crippen molar-refractivity contribution in [1.82, 2.24) is 4.90 Å². The zero-order valence-electron chi connectivity index (χ0n) is 13.6. The predicted molar refractivity (Wildman–Crippen MR) is 79.9 cm³/mol. The van der Waals surface area contributed by atoms with E-state index in [9.17, 15) is 19.2 Å². The minimum atomic E-state index is -0.718. The molecule has 2 fully saturated rings. The Morgan fingerprint density at radius 3 is 2.13 bits per heavy atom. The first-order chi connectivity index (χ1) is 10.7. The van der Waals surface area contributed by atoms with Crippen LogP contribution in [0, 0.1) is 29.1 Å². The molecule has 6 heteroatoms. The van der Waals surface area contributed by atoms with Crippen molar-refractivity contribution in [2.75, 3.05) is 13.2 Å². The minimum absolute atomic E-state index is 0.116. The number of rotatable bonds is 4. The van der Waals surface area contributed by atoms with E-state index in [1.165, 1.54) is 0 Å². The number of ether oxygens (including phenoxy) is 1. The van der Waals surface area contributed by atoms with Crippen molar-refractivity contribution in [3.05, 3.63) is 12.2 Å². The Labute approximate surface area is 134 Å². The molecule has 3 aliphatic rings. The van der Waals surface area contributed by atoms with Gasteiger partial charge in [-0.3, -0.25) is 24.1 Å². The average molecular weight is 319 g/mol. The van der Waals surface area contributed by atoms with Crippen molar-refractivity contribution in [3.63, 3.8) is 0 Å². The number of allylic oxidation sites excluding steroid dienone is 2. The standard InChI is InChI=1S/C17H21NO5/c1-17(2,3)11(19)8-23-12(20)7-18-15(21)13-9-4-5-10(6-9)14(13)16(18)22/h4-5,9-10,13-14H,6-8H2,1-3H3/t9-,10-,13+,14+/m0/s1. The summed E-state index contributed by atoms with van der Waals surface area (Å²) in [5.74, 6) is -1.89. The second-order valence-corrected chi connectivity index (χ2v) is 7.60. The number of fused-ring (bicyclic) bond motifs is 5. The third-order valence-electron chi connectivity index (χ3n) is 5.05. The first-order valence-corrected chi connectivity index (χ1v) is 7.92. The quantitative estimate of drug-likeness (QED) is 0.438. The predicted octanol–water partition coefficient (Wildman–Crippen LogP) is 0.952. The van der Waals surface area contributed by atoms with Gasteiger partial charge in [0, 0.05) is 5.41 Å². The lowest BCUT2D eigenvalue weighted by atomic mass is 9.85. The van der Waals surface area contributed by atoms with Crippen LogP contribution in [0.25, 0.3) is 0 Å². The van der Waals surface area contributed by atoms with Crippen molar-refractivity contribution in [1.29, 1.82) is 0 Å². The lowest BCUT2D eigenvalue weighted by Crippen LogP contribution is -2.38. The molecule has 1 heterocycles. The van der Waals surface area contributed by atoms with Gasteiger partial charge in [-0.2, -0.15) is 0 Å². The van der Waals surface area contributed by atoms with Crippen molar-refractivity contribution < 1.29 is 23.9 Å². The number of amides is 2. The van der Waals surface area contributed by atoms with Crippen LogP contribution in [0.4, 0.5) is 0 Å². The maximum atomic E-state index is 12.4. The van der Waals surface area contributed by atoms with Crippen LogP contribution in [0.1, 0.15) is 27.2 Å². The maximum absolute atomic E-state index is 12.4. The Morgan fingerprint density at radius 1 is 1.13 bits per heavy atom. The average Bonchev–Trinajstić information content (AvgIpc) is 3.13. The normalized spacial score (nSPS) is 31.7. The molecule has 6 nitrogen and oxygen atoms in total. The van der Waals surface area contributed by atoms with Gasteiger partial charge in [0.25, 0.3) is 0 Å². The van der Waals surface area contributed by atoms with Gasteiger partial charge in [0.1, 0.15) is 6.54 Å².